The molecule has 0 aromatic heterocycles. The Labute approximate surface area is 404 Å². The molecule has 0 radical (unpaired) electrons. The minimum Gasteiger partial charge on any atom is -0.480 e. The van der Waals surface area contributed by atoms with Crippen molar-refractivity contribution in [2.75, 3.05) is 33.0 Å². The first-order chi connectivity index (χ1) is 33.0. The van der Waals surface area contributed by atoms with E-state index >= 15 is 0 Å². The van der Waals surface area contributed by atoms with Crippen molar-refractivity contribution in [3.63, 3.8) is 0 Å². The van der Waals surface area contributed by atoms with Crippen molar-refractivity contribution in [1.82, 2.24) is 21.3 Å². The number of hydrogen-bond donors (Lipinski definition) is 5. The number of nitrogens with one attached hydrogen (secondary N) is 4. The van der Waals surface area contributed by atoms with Gasteiger partial charge in [-0.1, -0.05) is 0 Å². The Kier molecular flexibility index (Phi) is 26.9. The van der Waals surface area contributed by atoms with Crippen LogP contribution in [0, 0.1) is 0 Å². The second-order valence-corrected chi connectivity index (χ2v) is 16.4. The van der Waals surface area contributed by atoms with Gasteiger partial charge in [-0.25, -0.2) is 4.79 Å². The van der Waals surface area contributed by atoms with Crippen LogP contribution in [-0.4, -0.2) is 171 Å². The summed E-state index contributed by atoms with van der Waals surface area (Å²) < 4.78 is 55.4. The molecule has 2 rings (SSSR count). The van der Waals surface area contributed by atoms with Crippen LogP contribution in [0.25, 0.3) is 0 Å². The lowest BCUT2D eigenvalue weighted by atomic mass is 9.96. The number of carboxylic acids is 1. The molecule has 5 N–H and O–H groups in total. The minimum atomic E-state index is -1.30. The maximum absolute atomic E-state index is 12.7. The van der Waals surface area contributed by atoms with Gasteiger partial charge in [0.15, 0.2) is 37.0 Å². The molecule has 0 spiro atoms. The summed E-state index contributed by atoms with van der Waals surface area (Å²) >= 11 is 0. The van der Waals surface area contributed by atoms with Crippen molar-refractivity contribution < 1.29 is 105 Å². The second-order valence-electron chi connectivity index (χ2n) is 16.4. The summed E-state index contributed by atoms with van der Waals surface area (Å²) in [4.78, 5) is 133. The van der Waals surface area contributed by atoms with E-state index in [0.717, 1.165) is 41.5 Å². The molecule has 0 bridgehead atoms. The monoisotopic (exact) mass is 1000 g/mol. The maximum atomic E-state index is 12.7. The van der Waals surface area contributed by atoms with Crippen molar-refractivity contribution in [3.8, 4) is 0 Å². The second kappa shape index (κ2) is 31.3. The molecule has 0 saturated carbocycles. The van der Waals surface area contributed by atoms with Crippen LogP contribution in [0.3, 0.4) is 0 Å². The van der Waals surface area contributed by atoms with E-state index in [1.165, 1.54) is 13.8 Å². The standard InChI is InChI=1S/C44H68N4O22/c1-23(49)46-36-40(67-29(7)55)38(65-27(5)53)32(21-63-25(3)51)69-43(36)61-19-13-10-16-34(57)45-18-12-9-15-31(42(59)60)48-35(58)17-11-14-20-62-44-37(47-24(2)50)41(68-30(8)56)39(66-28(6)54)33(70-44)22-64-26(4)52/h31-33,36-41,43-44H,9-22H2,1-8H3,(H,45,57)(H,46,49)(H,47,50)(H,48,58)(H,59,60)/t31-,32+,33+,36+,37+,38-,39-,40+,41+,43+,44+/m0/s1. The van der Waals surface area contributed by atoms with Crippen LogP contribution in [0.5, 0.6) is 0 Å². The molecule has 26 nitrogen and oxygen atoms in total. The van der Waals surface area contributed by atoms with Crippen LogP contribution in [0.1, 0.15) is 113 Å². The van der Waals surface area contributed by atoms with Crippen molar-refractivity contribution in [2.24, 2.45) is 0 Å². The van der Waals surface area contributed by atoms with Crippen LogP contribution < -0.4 is 21.3 Å². The first kappa shape index (κ1) is 60.1. The van der Waals surface area contributed by atoms with Crippen molar-refractivity contribution >= 4 is 65.4 Å². The van der Waals surface area contributed by atoms with Gasteiger partial charge in [-0.3, -0.25) is 47.9 Å². The van der Waals surface area contributed by atoms with E-state index in [2.05, 4.69) is 21.3 Å². The molecular weight excluding hydrogens is 936 g/mol. The van der Waals surface area contributed by atoms with E-state index in [4.69, 9.17) is 47.4 Å². The average Bonchev–Trinajstić information content (AvgIpc) is 3.24. The van der Waals surface area contributed by atoms with Crippen LogP contribution in [0.15, 0.2) is 0 Å². The van der Waals surface area contributed by atoms with Crippen LogP contribution in [-0.2, 0) is 100 Å². The fraction of sp³-hybridized carbons (Fsp3) is 0.750. The number of esters is 6. The molecule has 4 amide bonds. The van der Waals surface area contributed by atoms with E-state index < -0.39 is 133 Å². The Morgan fingerprint density at radius 1 is 0.500 bits per heavy atom. The van der Waals surface area contributed by atoms with Crippen LogP contribution >= 0.6 is 0 Å². The number of hydrogen-bond acceptors (Lipinski definition) is 21. The molecule has 2 heterocycles. The Hall–Kier alpha value is -5.99. The van der Waals surface area contributed by atoms with E-state index in [9.17, 15) is 57.8 Å². The summed E-state index contributed by atoms with van der Waals surface area (Å²) in [7, 11) is 0. The fourth-order valence-corrected chi connectivity index (χ4v) is 7.35. The van der Waals surface area contributed by atoms with Gasteiger partial charge in [-0.2, -0.15) is 0 Å². The number of carbonyl (C=O) groups excluding carboxylic acids is 10. The zero-order valence-electron chi connectivity index (χ0n) is 40.8. The van der Waals surface area contributed by atoms with Gasteiger partial charge < -0.3 is 73.7 Å². The highest BCUT2D eigenvalue weighted by Crippen LogP contribution is 2.30. The largest absolute Gasteiger partial charge is 0.480 e. The Balaban J connectivity index is 1.82. The quantitative estimate of drug-likeness (QED) is 0.0359. The zero-order valence-corrected chi connectivity index (χ0v) is 40.8. The van der Waals surface area contributed by atoms with Crippen LogP contribution in [0.4, 0.5) is 0 Å². The third-order valence-electron chi connectivity index (χ3n) is 10.2. The van der Waals surface area contributed by atoms with Gasteiger partial charge in [0.05, 0.1) is 0 Å². The molecular formula is C44H68N4O22. The number of amides is 4. The summed E-state index contributed by atoms with van der Waals surface area (Å²) in [6.07, 6.45) is -7.87. The number of carboxylic acid groups (broad SMARTS) is 1. The third kappa shape index (κ3) is 23.1. The molecule has 2 saturated heterocycles. The molecule has 0 aromatic carbocycles. The molecule has 11 atom stereocenters. The van der Waals surface area contributed by atoms with Gasteiger partial charge in [-0.15, -0.1) is 0 Å². The molecule has 0 aromatic rings. The fourth-order valence-electron chi connectivity index (χ4n) is 7.35. The Morgan fingerprint density at radius 3 is 1.27 bits per heavy atom. The zero-order chi connectivity index (χ0) is 52.5. The molecule has 2 fully saturated rings. The lowest BCUT2D eigenvalue weighted by Gasteiger charge is -2.44. The maximum Gasteiger partial charge on any atom is 0.326 e. The highest BCUT2D eigenvalue weighted by atomic mass is 16.7. The average molecular weight is 1010 g/mol. The lowest BCUT2D eigenvalue weighted by molar-refractivity contribution is -0.277. The normalized spacial score (nSPS) is 24.3. The third-order valence-corrected chi connectivity index (χ3v) is 10.2. The highest BCUT2D eigenvalue weighted by molar-refractivity contribution is 5.83. The number of aliphatic carboxylic acids is 1. The number of carbonyl (C=O) groups is 11. The summed E-state index contributed by atoms with van der Waals surface area (Å²) in [5, 5.41) is 20.2. The molecule has 70 heavy (non-hydrogen) atoms. The molecule has 0 aliphatic carbocycles. The SMILES string of the molecule is CC(=O)N[C@H]1[C@H](OCCCCC(=O)NCCCC[C@H](NC(=O)CCCCO[C@@H]2O[C@H](COC(C)=O)[C@H](OC(C)=O)[C@H](OC(C)=O)[C@H]2NC(C)=O)C(=O)O)O[C@H](COC(C)=O)[C@H](OC(C)=O)[C@@H]1OC(C)=O. The molecule has 26 heteroatoms. The molecule has 2 aliphatic heterocycles. The van der Waals surface area contributed by atoms with Gasteiger partial charge in [0.2, 0.25) is 23.6 Å². The van der Waals surface area contributed by atoms with E-state index in [0.29, 0.717) is 25.7 Å². The summed E-state index contributed by atoms with van der Waals surface area (Å²) in [6, 6.07) is -3.49. The highest BCUT2D eigenvalue weighted by Gasteiger charge is 2.52. The smallest absolute Gasteiger partial charge is 0.326 e. The summed E-state index contributed by atoms with van der Waals surface area (Å²) in [5.41, 5.74) is 0. The Bertz CT molecular complexity index is 1810. The van der Waals surface area contributed by atoms with Gasteiger partial charge in [0.25, 0.3) is 0 Å². The van der Waals surface area contributed by atoms with Crippen LogP contribution in [0.2, 0.25) is 0 Å². The first-order valence-corrected chi connectivity index (χ1v) is 22.8. The van der Waals surface area contributed by atoms with Gasteiger partial charge in [0, 0.05) is 88.0 Å². The first-order valence-electron chi connectivity index (χ1n) is 22.8. The molecule has 396 valence electrons. The topological polar surface area (TPSA) is 348 Å². The number of rotatable bonds is 29. The predicted molar refractivity (Wildman–Crippen MR) is 234 cm³/mol. The van der Waals surface area contributed by atoms with E-state index in [1.54, 1.807) is 0 Å². The Morgan fingerprint density at radius 2 is 0.900 bits per heavy atom. The summed E-state index contributed by atoms with van der Waals surface area (Å²) in [6.45, 7) is 8.62. The van der Waals surface area contributed by atoms with Crippen molar-refractivity contribution in [3.05, 3.63) is 0 Å². The predicted octanol–water partition coefficient (Wildman–Crippen LogP) is -0.472. The van der Waals surface area contributed by atoms with Crippen molar-refractivity contribution in [2.45, 2.75) is 181 Å². The summed E-state index contributed by atoms with van der Waals surface area (Å²) in [5.74, 6) is -7.49. The molecule has 2 aliphatic rings. The number of unbranched alkanes of at least 4 members (excludes halogenated alkanes) is 3. The van der Waals surface area contributed by atoms with Gasteiger partial charge in [-0.05, 0) is 44.9 Å². The van der Waals surface area contributed by atoms with E-state index in [1.807, 2.05) is 0 Å². The number of ether oxygens (including phenoxy) is 10. The molecule has 0 unspecified atom stereocenters. The van der Waals surface area contributed by atoms with Crippen molar-refractivity contribution in [1.29, 1.82) is 0 Å². The lowest BCUT2D eigenvalue weighted by Crippen LogP contribution is -2.66. The van der Waals surface area contributed by atoms with E-state index in [-0.39, 0.29) is 64.4 Å². The van der Waals surface area contributed by atoms with Gasteiger partial charge in [0.1, 0.15) is 43.5 Å². The van der Waals surface area contributed by atoms with Gasteiger partial charge >= 0.3 is 41.8 Å². The minimum absolute atomic E-state index is 0.0196.